The van der Waals surface area contributed by atoms with Gasteiger partial charge >= 0.3 is 5.97 Å². The fourth-order valence-corrected chi connectivity index (χ4v) is 3.83. The molecule has 0 aromatic heterocycles. The number of halogens is 1. The third-order valence-electron chi connectivity index (χ3n) is 5.27. The highest BCUT2D eigenvalue weighted by molar-refractivity contribution is 5.74. The lowest BCUT2D eigenvalue weighted by Crippen LogP contribution is -2.19. The molecule has 1 fully saturated rings. The summed E-state index contributed by atoms with van der Waals surface area (Å²) < 4.78 is 19.7. The van der Waals surface area contributed by atoms with Crippen molar-refractivity contribution in [3.8, 4) is 11.1 Å². The summed E-state index contributed by atoms with van der Waals surface area (Å²) in [4.78, 5) is 11.8. The minimum atomic E-state index is -0.728. The predicted octanol–water partition coefficient (Wildman–Crippen LogP) is 5.25. The van der Waals surface area contributed by atoms with Gasteiger partial charge in [0.2, 0.25) is 0 Å². The molecule has 2 aromatic rings. The highest BCUT2D eigenvalue weighted by atomic mass is 19.1. The molecule has 1 saturated carbocycles. The van der Waals surface area contributed by atoms with Gasteiger partial charge in [0.05, 0.1) is 13.0 Å². The predicted molar refractivity (Wildman–Crippen MR) is 106 cm³/mol. The first-order chi connectivity index (χ1) is 12.8. The molecule has 2 N–H and O–H groups in total. The van der Waals surface area contributed by atoms with Gasteiger partial charge in [0.1, 0.15) is 5.82 Å². The van der Waals surface area contributed by atoms with Gasteiger partial charge in [-0.1, -0.05) is 12.1 Å². The largest absolute Gasteiger partial charge is 0.466 e. The maximum absolute atomic E-state index is 14.7. The molecule has 0 unspecified atom stereocenters. The SMILES string of the molecule is CCOC(=O)C[C@H](N)c1cc(-c2c(C)cc(C3CC3)cc2C)cc(C)c1F. The van der Waals surface area contributed by atoms with E-state index in [2.05, 4.69) is 26.0 Å². The maximum Gasteiger partial charge on any atom is 0.307 e. The van der Waals surface area contributed by atoms with Gasteiger partial charge in [0.25, 0.3) is 0 Å². The highest BCUT2D eigenvalue weighted by Crippen LogP contribution is 2.42. The van der Waals surface area contributed by atoms with E-state index in [1.165, 1.54) is 29.5 Å². The summed E-state index contributed by atoms with van der Waals surface area (Å²) in [6.45, 7) is 7.98. The van der Waals surface area contributed by atoms with Crippen LogP contribution in [0.15, 0.2) is 24.3 Å². The second kappa shape index (κ2) is 7.81. The van der Waals surface area contributed by atoms with Crippen LogP contribution < -0.4 is 5.73 Å². The second-order valence-corrected chi connectivity index (χ2v) is 7.62. The Morgan fingerprint density at radius 1 is 1.15 bits per heavy atom. The van der Waals surface area contributed by atoms with Crippen molar-refractivity contribution in [1.29, 1.82) is 0 Å². The summed E-state index contributed by atoms with van der Waals surface area (Å²) in [5.74, 6) is -0.0611. The van der Waals surface area contributed by atoms with Gasteiger partial charge in [-0.2, -0.15) is 0 Å². The summed E-state index contributed by atoms with van der Waals surface area (Å²) >= 11 is 0. The molecule has 0 amide bonds. The summed E-state index contributed by atoms with van der Waals surface area (Å²) in [6.07, 6.45) is 2.49. The fraction of sp³-hybridized carbons (Fsp3) is 0.435. The quantitative estimate of drug-likeness (QED) is 0.708. The molecule has 0 radical (unpaired) electrons. The summed E-state index contributed by atoms with van der Waals surface area (Å²) in [5.41, 5.74) is 12.9. The van der Waals surface area contributed by atoms with Crippen molar-refractivity contribution in [2.24, 2.45) is 5.73 Å². The highest BCUT2D eigenvalue weighted by Gasteiger charge is 2.25. The molecule has 4 heteroatoms. The van der Waals surface area contributed by atoms with Crippen LogP contribution >= 0.6 is 0 Å². The lowest BCUT2D eigenvalue weighted by Gasteiger charge is -2.18. The number of esters is 1. The van der Waals surface area contributed by atoms with E-state index in [1.54, 1.807) is 19.9 Å². The van der Waals surface area contributed by atoms with Crippen molar-refractivity contribution in [2.45, 2.75) is 58.9 Å². The number of nitrogens with two attached hydrogens (primary N) is 1. The lowest BCUT2D eigenvalue weighted by molar-refractivity contribution is -0.143. The zero-order valence-corrected chi connectivity index (χ0v) is 16.6. The number of carbonyl (C=O) groups excluding carboxylic acids is 1. The van der Waals surface area contributed by atoms with Crippen molar-refractivity contribution in [1.82, 2.24) is 0 Å². The molecule has 0 spiro atoms. The molecule has 0 saturated heterocycles. The molecule has 2 aromatic carbocycles. The molecule has 0 bridgehead atoms. The summed E-state index contributed by atoms with van der Waals surface area (Å²) in [7, 11) is 0. The normalized spacial score (nSPS) is 14.9. The Morgan fingerprint density at radius 2 is 1.78 bits per heavy atom. The van der Waals surface area contributed by atoms with Gasteiger partial charge < -0.3 is 10.5 Å². The van der Waals surface area contributed by atoms with Crippen molar-refractivity contribution >= 4 is 5.97 Å². The van der Waals surface area contributed by atoms with Gasteiger partial charge in [0, 0.05) is 11.6 Å². The Labute approximate surface area is 160 Å². The van der Waals surface area contributed by atoms with Crippen molar-refractivity contribution in [2.75, 3.05) is 6.61 Å². The maximum atomic E-state index is 14.7. The van der Waals surface area contributed by atoms with Crippen LogP contribution in [0.4, 0.5) is 4.39 Å². The Kier molecular flexibility index (Phi) is 5.66. The van der Waals surface area contributed by atoms with Crippen LogP contribution in [0, 0.1) is 26.6 Å². The number of hydrogen-bond acceptors (Lipinski definition) is 3. The molecule has 3 nitrogen and oxygen atoms in total. The average molecular weight is 369 g/mol. The molecule has 1 aliphatic rings. The lowest BCUT2D eigenvalue weighted by atomic mass is 9.89. The number of aryl methyl sites for hydroxylation is 3. The Hall–Kier alpha value is -2.20. The third-order valence-corrected chi connectivity index (χ3v) is 5.27. The van der Waals surface area contributed by atoms with E-state index in [0.717, 1.165) is 11.1 Å². The summed E-state index contributed by atoms with van der Waals surface area (Å²) in [5, 5.41) is 0. The number of carbonyl (C=O) groups is 1. The van der Waals surface area contributed by atoms with Gasteiger partial charge in [0.15, 0.2) is 0 Å². The number of benzene rings is 2. The van der Waals surface area contributed by atoms with Crippen LogP contribution in [-0.4, -0.2) is 12.6 Å². The zero-order valence-electron chi connectivity index (χ0n) is 16.6. The van der Waals surface area contributed by atoms with E-state index >= 15 is 0 Å². The van der Waals surface area contributed by atoms with E-state index in [4.69, 9.17) is 10.5 Å². The third kappa shape index (κ3) is 4.22. The molecule has 0 heterocycles. The van der Waals surface area contributed by atoms with Crippen LogP contribution in [-0.2, 0) is 9.53 Å². The fourth-order valence-electron chi connectivity index (χ4n) is 3.83. The monoisotopic (exact) mass is 369 g/mol. The molecular formula is C23H28FNO2. The topological polar surface area (TPSA) is 52.3 Å². The smallest absolute Gasteiger partial charge is 0.307 e. The van der Waals surface area contributed by atoms with Crippen LogP contribution in [0.25, 0.3) is 11.1 Å². The molecule has 3 rings (SSSR count). The first kappa shape index (κ1) is 19.6. The number of hydrogen-bond donors (Lipinski definition) is 1. The minimum absolute atomic E-state index is 0.0355. The Morgan fingerprint density at radius 3 is 2.33 bits per heavy atom. The van der Waals surface area contributed by atoms with E-state index in [-0.39, 0.29) is 12.2 Å². The number of rotatable bonds is 6. The van der Waals surface area contributed by atoms with Crippen LogP contribution in [0.2, 0.25) is 0 Å². The molecular weight excluding hydrogens is 341 g/mol. The van der Waals surface area contributed by atoms with E-state index in [1.807, 2.05) is 6.07 Å². The van der Waals surface area contributed by atoms with Gasteiger partial charge in [-0.25, -0.2) is 4.39 Å². The molecule has 1 aliphatic carbocycles. The van der Waals surface area contributed by atoms with Gasteiger partial charge in [-0.15, -0.1) is 0 Å². The Bertz CT molecular complexity index is 848. The van der Waals surface area contributed by atoms with Crippen molar-refractivity contribution in [3.05, 3.63) is 57.9 Å². The van der Waals surface area contributed by atoms with Crippen LogP contribution in [0.5, 0.6) is 0 Å². The van der Waals surface area contributed by atoms with Crippen molar-refractivity contribution in [3.63, 3.8) is 0 Å². The average Bonchev–Trinajstić information content (AvgIpc) is 3.42. The molecule has 144 valence electrons. The first-order valence-corrected chi connectivity index (χ1v) is 9.64. The van der Waals surface area contributed by atoms with E-state index in [0.29, 0.717) is 23.7 Å². The minimum Gasteiger partial charge on any atom is -0.466 e. The Balaban J connectivity index is 2.00. The number of ether oxygens (including phenoxy) is 1. The van der Waals surface area contributed by atoms with E-state index in [9.17, 15) is 9.18 Å². The standard InChI is InChI=1S/C23H28FNO2/c1-5-27-21(26)12-20(25)19-11-18(10-15(4)23(19)24)22-13(2)8-17(9-14(22)3)16-6-7-16/h8-11,16,20H,5-7,12,25H2,1-4H3/t20-/m0/s1. The molecule has 27 heavy (non-hydrogen) atoms. The van der Waals surface area contributed by atoms with Gasteiger partial charge in [-0.3, -0.25) is 4.79 Å². The van der Waals surface area contributed by atoms with Crippen LogP contribution in [0.1, 0.15) is 66.0 Å². The van der Waals surface area contributed by atoms with Gasteiger partial charge in [-0.05, 0) is 92.0 Å². The van der Waals surface area contributed by atoms with E-state index < -0.39 is 12.0 Å². The summed E-state index contributed by atoms with van der Waals surface area (Å²) in [6, 6.07) is 7.42. The second-order valence-electron chi connectivity index (χ2n) is 7.62. The van der Waals surface area contributed by atoms with Crippen molar-refractivity contribution < 1.29 is 13.9 Å². The molecule has 1 atom stereocenters. The van der Waals surface area contributed by atoms with Crippen LogP contribution in [0.3, 0.4) is 0 Å². The zero-order chi connectivity index (χ0) is 19.7. The molecule has 0 aliphatic heterocycles. The first-order valence-electron chi connectivity index (χ1n) is 9.64.